The standard InChI is InChI=1S/C15H23NO3/c1-11-3-6-15(19-10-14(17)9-18-2)12(7-11)8-16-13-4-5-13/h3,6-7,13-14,16-17H,4-5,8-10H2,1-2H3. The van der Waals surface area contributed by atoms with Gasteiger partial charge in [-0.3, -0.25) is 0 Å². The van der Waals surface area contributed by atoms with Crippen molar-refractivity contribution in [3.8, 4) is 5.75 Å². The molecule has 0 bridgehead atoms. The van der Waals surface area contributed by atoms with Crippen LogP contribution in [0.25, 0.3) is 0 Å². The van der Waals surface area contributed by atoms with Crippen molar-refractivity contribution in [3.05, 3.63) is 29.3 Å². The minimum Gasteiger partial charge on any atom is -0.490 e. The molecule has 1 saturated carbocycles. The molecule has 0 saturated heterocycles. The van der Waals surface area contributed by atoms with Crippen LogP contribution in [0.3, 0.4) is 0 Å². The zero-order valence-electron chi connectivity index (χ0n) is 11.7. The highest BCUT2D eigenvalue weighted by molar-refractivity contribution is 5.37. The van der Waals surface area contributed by atoms with Gasteiger partial charge in [-0.1, -0.05) is 17.7 Å². The van der Waals surface area contributed by atoms with Crippen molar-refractivity contribution < 1.29 is 14.6 Å². The van der Waals surface area contributed by atoms with E-state index in [0.29, 0.717) is 12.6 Å². The van der Waals surface area contributed by atoms with Gasteiger partial charge < -0.3 is 19.9 Å². The van der Waals surface area contributed by atoms with Crippen molar-refractivity contribution in [1.82, 2.24) is 5.32 Å². The maximum atomic E-state index is 9.62. The Morgan fingerprint density at radius 1 is 1.37 bits per heavy atom. The number of hydrogen-bond donors (Lipinski definition) is 2. The molecule has 106 valence electrons. The molecule has 2 rings (SSSR count). The molecule has 0 aliphatic heterocycles. The van der Waals surface area contributed by atoms with Crippen LogP contribution >= 0.6 is 0 Å². The van der Waals surface area contributed by atoms with E-state index in [-0.39, 0.29) is 6.61 Å². The number of methoxy groups -OCH3 is 1. The Hall–Kier alpha value is -1.10. The third kappa shape index (κ3) is 4.82. The average Bonchev–Trinajstić information content (AvgIpc) is 3.19. The normalized spacial score (nSPS) is 16.4. The lowest BCUT2D eigenvalue weighted by atomic mass is 10.1. The number of ether oxygens (including phenoxy) is 2. The predicted molar refractivity (Wildman–Crippen MR) is 74.4 cm³/mol. The Morgan fingerprint density at radius 2 is 2.16 bits per heavy atom. The molecule has 0 aromatic heterocycles. The molecule has 1 atom stereocenters. The summed E-state index contributed by atoms with van der Waals surface area (Å²) in [6.45, 7) is 3.45. The van der Waals surface area contributed by atoms with Crippen LogP contribution in [-0.2, 0) is 11.3 Å². The molecule has 0 radical (unpaired) electrons. The average molecular weight is 265 g/mol. The molecule has 1 aliphatic rings. The van der Waals surface area contributed by atoms with Gasteiger partial charge in [0.25, 0.3) is 0 Å². The Labute approximate surface area is 114 Å². The van der Waals surface area contributed by atoms with E-state index in [9.17, 15) is 5.11 Å². The van der Waals surface area contributed by atoms with E-state index >= 15 is 0 Å². The summed E-state index contributed by atoms with van der Waals surface area (Å²) >= 11 is 0. The highest BCUT2D eigenvalue weighted by Crippen LogP contribution is 2.23. The van der Waals surface area contributed by atoms with E-state index in [2.05, 4.69) is 18.3 Å². The van der Waals surface area contributed by atoms with E-state index in [0.717, 1.165) is 17.9 Å². The van der Waals surface area contributed by atoms with Crippen molar-refractivity contribution in [3.63, 3.8) is 0 Å². The Balaban J connectivity index is 1.92. The van der Waals surface area contributed by atoms with Crippen molar-refractivity contribution >= 4 is 0 Å². The van der Waals surface area contributed by atoms with Gasteiger partial charge in [-0.15, -0.1) is 0 Å². The number of hydrogen-bond acceptors (Lipinski definition) is 4. The monoisotopic (exact) mass is 265 g/mol. The van der Waals surface area contributed by atoms with Gasteiger partial charge >= 0.3 is 0 Å². The molecule has 1 fully saturated rings. The van der Waals surface area contributed by atoms with Crippen LogP contribution in [-0.4, -0.2) is 37.6 Å². The zero-order chi connectivity index (χ0) is 13.7. The van der Waals surface area contributed by atoms with Gasteiger partial charge in [0.2, 0.25) is 0 Å². The number of aryl methyl sites for hydroxylation is 1. The Bertz CT molecular complexity index is 404. The molecule has 2 N–H and O–H groups in total. The SMILES string of the molecule is COCC(O)COc1ccc(C)cc1CNC1CC1. The van der Waals surface area contributed by atoms with Crippen LogP contribution in [0.15, 0.2) is 18.2 Å². The molecule has 4 heteroatoms. The predicted octanol–water partition coefficient (Wildman–Crippen LogP) is 1.63. The fourth-order valence-corrected chi connectivity index (χ4v) is 1.96. The molecule has 0 heterocycles. The molecule has 1 unspecified atom stereocenters. The van der Waals surface area contributed by atoms with Crippen LogP contribution in [0, 0.1) is 6.92 Å². The van der Waals surface area contributed by atoms with Crippen molar-refractivity contribution in [2.24, 2.45) is 0 Å². The first-order chi connectivity index (χ1) is 9.19. The summed E-state index contributed by atoms with van der Waals surface area (Å²) in [5.74, 6) is 0.842. The fraction of sp³-hybridized carbons (Fsp3) is 0.600. The minimum absolute atomic E-state index is 0.257. The summed E-state index contributed by atoms with van der Waals surface area (Å²) in [4.78, 5) is 0. The van der Waals surface area contributed by atoms with Crippen LogP contribution in [0.1, 0.15) is 24.0 Å². The van der Waals surface area contributed by atoms with E-state index in [1.165, 1.54) is 18.4 Å². The zero-order valence-corrected chi connectivity index (χ0v) is 11.7. The van der Waals surface area contributed by atoms with Crippen LogP contribution in [0.5, 0.6) is 5.75 Å². The maximum Gasteiger partial charge on any atom is 0.123 e. The van der Waals surface area contributed by atoms with E-state index < -0.39 is 6.10 Å². The first kappa shape index (κ1) is 14.3. The van der Waals surface area contributed by atoms with Gasteiger partial charge in [0.1, 0.15) is 18.5 Å². The molecule has 1 aromatic carbocycles. The van der Waals surface area contributed by atoms with E-state index in [1.54, 1.807) is 7.11 Å². The van der Waals surface area contributed by atoms with Gasteiger partial charge in [0.05, 0.1) is 6.61 Å². The highest BCUT2D eigenvalue weighted by Gasteiger charge is 2.20. The second-order valence-electron chi connectivity index (χ2n) is 5.19. The largest absolute Gasteiger partial charge is 0.490 e. The first-order valence-corrected chi connectivity index (χ1v) is 6.81. The summed E-state index contributed by atoms with van der Waals surface area (Å²) in [6.07, 6.45) is 1.96. The Morgan fingerprint density at radius 3 is 2.84 bits per heavy atom. The highest BCUT2D eigenvalue weighted by atomic mass is 16.5. The lowest BCUT2D eigenvalue weighted by Gasteiger charge is -2.15. The molecule has 19 heavy (non-hydrogen) atoms. The quantitative estimate of drug-likeness (QED) is 0.750. The van der Waals surface area contributed by atoms with Gasteiger partial charge in [0, 0.05) is 25.3 Å². The number of aliphatic hydroxyl groups excluding tert-OH is 1. The van der Waals surface area contributed by atoms with Crippen LogP contribution in [0.4, 0.5) is 0 Å². The summed E-state index contributed by atoms with van der Waals surface area (Å²) in [7, 11) is 1.57. The topological polar surface area (TPSA) is 50.7 Å². The maximum absolute atomic E-state index is 9.62. The first-order valence-electron chi connectivity index (χ1n) is 6.81. The molecule has 1 aromatic rings. The number of nitrogens with one attached hydrogen (secondary N) is 1. The third-order valence-electron chi connectivity index (χ3n) is 3.16. The molecule has 1 aliphatic carbocycles. The van der Waals surface area contributed by atoms with Gasteiger partial charge in [-0.2, -0.15) is 0 Å². The van der Waals surface area contributed by atoms with Crippen molar-refractivity contribution in [2.45, 2.75) is 38.5 Å². The number of benzene rings is 1. The van der Waals surface area contributed by atoms with Crippen LogP contribution in [0.2, 0.25) is 0 Å². The molecular weight excluding hydrogens is 242 g/mol. The molecule has 0 amide bonds. The second-order valence-corrected chi connectivity index (χ2v) is 5.19. The van der Waals surface area contributed by atoms with Crippen LogP contribution < -0.4 is 10.1 Å². The second kappa shape index (κ2) is 6.89. The van der Waals surface area contributed by atoms with Gasteiger partial charge in [-0.25, -0.2) is 0 Å². The van der Waals surface area contributed by atoms with Crippen molar-refractivity contribution in [1.29, 1.82) is 0 Å². The lowest BCUT2D eigenvalue weighted by Crippen LogP contribution is -2.23. The smallest absolute Gasteiger partial charge is 0.123 e. The molecular formula is C15H23NO3. The Kier molecular flexibility index (Phi) is 5.19. The lowest BCUT2D eigenvalue weighted by molar-refractivity contribution is 0.0323. The van der Waals surface area contributed by atoms with E-state index in [1.807, 2.05) is 12.1 Å². The fourth-order valence-electron chi connectivity index (χ4n) is 1.96. The summed E-state index contributed by atoms with van der Waals surface area (Å²) < 4.78 is 10.6. The number of rotatable bonds is 8. The van der Waals surface area contributed by atoms with Gasteiger partial charge in [-0.05, 0) is 25.8 Å². The number of aliphatic hydroxyl groups is 1. The van der Waals surface area contributed by atoms with E-state index in [4.69, 9.17) is 9.47 Å². The summed E-state index contributed by atoms with van der Waals surface area (Å²) in [5.41, 5.74) is 2.37. The molecule has 4 nitrogen and oxygen atoms in total. The summed E-state index contributed by atoms with van der Waals surface area (Å²) in [6, 6.07) is 6.80. The molecule has 0 spiro atoms. The van der Waals surface area contributed by atoms with Crippen molar-refractivity contribution in [2.75, 3.05) is 20.3 Å². The van der Waals surface area contributed by atoms with Gasteiger partial charge in [0.15, 0.2) is 0 Å². The summed E-state index contributed by atoms with van der Waals surface area (Å²) in [5, 5.41) is 13.1. The minimum atomic E-state index is -0.587. The third-order valence-corrected chi connectivity index (χ3v) is 3.16.